The predicted molar refractivity (Wildman–Crippen MR) is 72.5 cm³/mol. The van der Waals surface area contributed by atoms with Crippen molar-refractivity contribution in [1.29, 1.82) is 0 Å². The maximum absolute atomic E-state index is 9.22. The van der Waals surface area contributed by atoms with Crippen LogP contribution in [0.4, 0.5) is 0 Å². The van der Waals surface area contributed by atoms with E-state index in [2.05, 4.69) is 10.2 Å². The molecule has 18 heavy (non-hydrogen) atoms. The zero-order valence-electron chi connectivity index (χ0n) is 10.8. The highest BCUT2D eigenvalue weighted by Crippen LogP contribution is 2.31. The molecule has 0 bridgehead atoms. The van der Waals surface area contributed by atoms with Crippen molar-refractivity contribution in [3.8, 4) is 5.75 Å². The normalized spacial score (nSPS) is 24.6. The Labute approximate surface area is 109 Å². The van der Waals surface area contributed by atoms with E-state index in [9.17, 15) is 5.11 Å². The van der Waals surface area contributed by atoms with E-state index in [4.69, 9.17) is 0 Å². The van der Waals surface area contributed by atoms with E-state index in [1.54, 1.807) is 12.1 Å². The molecule has 1 atom stereocenters. The molecule has 1 unspecified atom stereocenters. The number of likely N-dealkylation sites (tertiary alicyclic amines) is 1. The number of phenols is 1. The van der Waals surface area contributed by atoms with Crippen LogP contribution in [-0.4, -0.2) is 35.7 Å². The number of rotatable bonds is 5. The second-order valence-corrected chi connectivity index (χ2v) is 5.68. The summed E-state index contributed by atoms with van der Waals surface area (Å²) in [5, 5.41) is 12.8. The van der Waals surface area contributed by atoms with Gasteiger partial charge in [0.15, 0.2) is 0 Å². The van der Waals surface area contributed by atoms with Gasteiger partial charge in [0.05, 0.1) is 0 Å². The number of phenolic OH excluding ortho intramolecular Hbond substituents is 1. The van der Waals surface area contributed by atoms with Crippen molar-refractivity contribution in [3.63, 3.8) is 0 Å². The van der Waals surface area contributed by atoms with Crippen LogP contribution in [0, 0.1) is 5.92 Å². The van der Waals surface area contributed by atoms with E-state index in [0.717, 1.165) is 25.0 Å². The van der Waals surface area contributed by atoms with Crippen LogP contribution in [0.1, 0.15) is 24.8 Å². The first-order chi connectivity index (χ1) is 8.81. The molecule has 0 amide bonds. The lowest BCUT2D eigenvalue weighted by atomic mass is 10.1. The van der Waals surface area contributed by atoms with Gasteiger partial charge < -0.3 is 15.3 Å². The molecule has 0 aromatic heterocycles. The van der Waals surface area contributed by atoms with Crippen molar-refractivity contribution in [3.05, 3.63) is 29.8 Å². The summed E-state index contributed by atoms with van der Waals surface area (Å²) in [5.41, 5.74) is 1.24. The van der Waals surface area contributed by atoms with Crippen molar-refractivity contribution in [2.45, 2.75) is 31.8 Å². The van der Waals surface area contributed by atoms with Crippen molar-refractivity contribution in [2.75, 3.05) is 19.6 Å². The molecule has 3 nitrogen and oxygen atoms in total. The fourth-order valence-electron chi connectivity index (χ4n) is 2.83. The van der Waals surface area contributed by atoms with Crippen molar-refractivity contribution < 1.29 is 5.11 Å². The van der Waals surface area contributed by atoms with Gasteiger partial charge in [-0.1, -0.05) is 12.1 Å². The summed E-state index contributed by atoms with van der Waals surface area (Å²) in [6, 6.07) is 8.39. The monoisotopic (exact) mass is 246 g/mol. The SMILES string of the molecule is Oc1ccc(CNCC2CCN(C3CC3)C2)cc1. The molecule has 2 fully saturated rings. The summed E-state index contributed by atoms with van der Waals surface area (Å²) < 4.78 is 0. The Hall–Kier alpha value is -1.06. The van der Waals surface area contributed by atoms with Gasteiger partial charge >= 0.3 is 0 Å². The van der Waals surface area contributed by atoms with Gasteiger partial charge in [0.1, 0.15) is 5.75 Å². The predicted octanol–water partition coefficient (Wildman–Crippen LogP) is 1.97. The number of hydrogen-bond donors (Lipinski definition) is 2. The largest absolute Gasteiger partial charge is 0.508 e. The van der Waals surface area contributed by atoms with E-state index in [-0.39, 0.29) is 0 Å². The van der Waals surface area contributed by atoms with Crippen molar-refractivity contribution in [1.82, 2.24) is 10.2 Å². The third-order valence-electron chi connectivity index (χ3n) is 4.08. The molecule has 98 valence electrons. The first kappa shape index (κ1) is 12.0. The second kappa shape index (κ2) is 5.29. The summed E-state index contributed by atoms with van der Waals surface area (Å²) >= 11 is 0. The maximum Gasteiger partial charge on any atom is 0.115 e. The first-order valence-corrected chi connectivity index (χ1v) is 7.04. The van der Waals surface area contributed by atoms with E-state index >= 15 is 0 Å². The molecule has 1 aliphatic carbocycles. The smallest absolute Gasteiger partial charge is 0.115 e. The molecule has 1 aliphatic heterocycles. The van der Waals surface area contributed by atoms with E-state index < -0.39 is 0 Å². The van der Waals surface area contributed by atoms with Crippen LogP contribution in [0.25, 0.3) is 0 Å². The molecular weight excluding hydrogens is 224 g/mol. The number of hydrogen-bond acceptors (Lipinski definition) is 3. The zero-order valence-corrected chi connectivity index (χ0v) is 10.8. The van der Waals surface area contributed by atoms with Gasteiger partial charge in [-0.15, -0.1) is 0 Å². The molecule has 2 N–H and O–H groups in total. The van der Waals surface area contributed by atoms with Gasteiger partial charge in [-0.2, -0.15) is 0 Å². The van der Waals surface area contributed by atoms with Crippen molar-refractivity contribution in [2.24, 2.45) is 5.92 Å². The number of nitrogens with zero attached hydrogens (tertiary/aromatic N) is 1. The van der Waals surface area contributed by atoms with Gasteiger partial charge in [-0.05, 0) is 56.0 Å². The molecule has 3 heteroatoms. The number of aromatic hydroxyl groups is 1. The summed E-state index contributed by atoms with van der Waals surface area (Å²) in [4.78, 5) is 2.66. The maximum atomic E-state index is 9.22. The third-order valence-corrected chi connectivity index (χ3v) is 4.08. The minimum Gasteiger partial charge on any atom is -0.508 e. The molecule has 2 aliphatic rings. The topological polar surface area (TPSA) is 35.5 Å². The molecule has 0 spiro atoms. The highest BCUT2D eigenvalue weighted by molar-refractivity contribution is 5.25. The van der Waals surface area contributed by atoms with Gasteiger partial charge in [0, 0.05) is 19.1 Å². The standard InChI is InChI=1S/C15H22N2O/c18-15-5-1-12(2-6-15)9-16-10-13-7-8-17(11-13)14-3-4-14/h1-2,5-6,13-14,16,18H,3-4,7-11H2. The Morgan fingerprint density at radius 1 is 1.17 bits per heavy atom. The van der Waals surface area contributed by atoms with Crippen molar-refractivity contribution >= 4 is 0 Å². The molecular formula is C15H22N2O. The van der Waals surface area contributed by atoms with E-state index in [0.29, 0.717) is 5.75 Å². The zero-order chi connectivity index (χ0) is 12.4. The Balaban J connectivity index is 1.38. The summed E-state index contributed by atoms with van der Waals surface area (Å²) in [6.07, 6.45) is 4.19. The Morgan fingerprint density at radius 3 is 2.67 bits per heavy atom. The Morgan fingerprint density at radius 2 is 1.94 bits per heavy atom. The first-order valence-electron chi connectivity index (χ1n) is 7.04. The molecule has 1 aromatic rings. The van der Waals surface area contributed by atoms with Crippen LogP contribution in [0.5, 0.6) is 5.75 Å². The Bertz CT molecular complexity index is 386. The summed E-state index contributed by atoms with van der Waals surface area (Å²) in [5.74, 6) is 1.16. The fraction of sp³-hybridized carbons (Fsp3) is 0.600. The Kier molecular flexibility index (Phi) is 3.52. The fourth-order valence-corrected chi connectivity index (χ4v) is 2.83. The molecule has 3 rings (SSSR count). The van der Waals surface area contributed by atoms with E-state index in [1.807, 2.05) is 12.1 Å². The van der Waals surface area contributed by atoms with Crippen LogP contribution in [0.15, 0.2) is 24.3 Å². The van der Waals surface area contributed by atoms with E-state index in [1.165, 1.54) is 37.9 Å². The second-order valence-electron chi connectivity index (χ2n) is 5.68. The minimum atomic E-state index is 0.342. The lowest BCUT2D eigenvalue weighted by Crippen LogP contribution is -2.27. The van der Waals surface area contributed by atoms with Crippen LogP contribution in [0.3, 0.4) is 0 Å². The van der Waals surface area contributed by atoms with Gasteiger partial charge in [-0.25, -0.2) is 0 Å². The molecule has 1 saturated carbocycles. The van der Waals surface area contributed by atoms with Gasteiger partial charge in [0.25, 0.3) is 0 Å². The van der Waals surface area contributed by atoms with Crippen LogP contribution in [-0.2, 0) is 6.54 Å². The summed E-state index contributed by atoms with van der Waals surface area (Å²) in [6.45, 7) is 4.60. The third kappa shape index (κ3) is 3.03. The number of benzene rings is 1. The highest BCUT2D eigenvalue weighted by atomic mass is 16.3. The lowest BCUT2D eigenvalue weighted by Gasteiger charge is -2.15. The quantitative estimate of drug-likeness (QED) is 0.834. The molecule has 1 saturated heterocycles. The average molecular weight is 246 g/mol. The van der Waals surface area contributed by atoms with Crippen LogP contribution >= 0.6 is 0 Å². The molecule has 0 radical (unpaired) electrons. The molecule has 1 heterocycles. The molecule has 1 aromatic carbocycles. The van der Waals surface area contributed by atoms with Gasteiger partial charge in [0.2, 0.25) is 0 Å². The number of nitrogens with one attached hydrogen (secondary N) is 1. The van der Waals surface area contributed by atoms with Crippen LogP contribution in [0.2, 0.25) is 0 Å². The van der Waals surface area contributed by atoms with Crippen LogP contribution < -0.4 is 5.32 Å². The van der Waals surface area contributed by atoms with Gasteiger partial charge in [-0.3, -0.25) is 0 Å². The summed E-state index contributed by atoms with van der Waals surface area (Å²) in [7, 11) is 0. The lowest BCUT2D eigenvalue weighted by molar-refractivity contribution is 0.312. The average Bonchev–Trinajstić information content (AvgIpc) is 3.12. The minimum absolute atomic E-state index is 0.342. The highest BCUT2D eigenvalue weighted by Gasteiger charge is 2.33.